The minimum absolute atomic E-state index is 0.149. The summed E-state index contributed by atoms with van der Waals surface area (Å²) in [6.45, 7) is 17.9. The van der Waals surface area contributed by atoms with Crippen LogP contribution in [0.4, 0.5) is 0 Å². The highest BCUT2D eigenvalue weighted by Gasteiger charge is 2.34. The van der Waals surface area contributed by atoms with Gasteiger partial charge in [-0.1, -0.05) is 158 Å². The quantitative estimate of drug-likeness (QED) is 0.0268. The highest BCUT2D eigenvalue weighted by molar-refractivity contribution is 5.16. The van der Waals surface area contributed by atoms with Gasteiger partial charge in [0.05, 0.1) is 145 Å². The first-order valence-electron chi connectivity index (χ1n) is 29.7. The minimum Gasteiger partial charge on any atom is -0.376 e. The molecule has 17 heteroatoms. The van der Waals surface area contributed by atoms with Gasteiger partial charge in [-0.2, -0.15) is 0 Å². The molecule has 0 saturated carbocycles. The Bertz CT molecular complexity index is 2460. The summed E-state index contributed by atoms with van der Waals surface area (Å²) in [6.07, 6.45) is -1.35. The van der Waals surface area contributed by atoms with Gasteiger partial charge in [0.2, 0.25) is 0 Å². The Labute approximate surface area is 504 Å². The second kappa shape index (κ2) is 39.1. The first-order chi connectivity index (χ1) is 41.5. The molecule has 8 unspecified atom stereocenters. The van der Waals surface area contributed by atoms with Crippen LogP contribution in [0.15, 0.2) is 164 Å². The van der Waals surface area contributed by atoms with Crippen molar-refractivity contribution in [2.24, 2.45) is 0 Å². The summed E-state index contributed by atoms with van der Waals surface area (Å²) in [7, 11) is 0. The van der Waals surface area contributed by atoms with Crippen LogP contribution in [0.25, 0.3) is 0 Å². The fraction of sp³-hybridized carbons (Fsp3) is 0.529. The summed E-state index contributed by atoms with van der Waals surface area (Å²) in [5.74, 6) is -1.31. The lowest BCUT2D eigenvalue weighted by molar-refractivity contribution is -0.152. The summed E-state index contributed by atoms with van der Waals surface area (Å²) >= 11 is 0. The van der Waals surface area contributed by atoms with E-state index in [4.69, 9.17) is 80.5 Å². The van der Waals surface area contributed by atoms with E-state index in [0.29, 0.717) is 72.7 Å². The maximum absolute atomic E-state index is 6.76. The highest BCUT2D eigenvalue weighted by Crippen LogP contribution is 2.24. The van der Waals surface area contributed by atoms with E-state index in [9.17, 15) is 0 Å². The predicted molar refractivity (Wildman–Crippen MR) is 321 cm³/mol. The molecule has 0 aliphatic carbocycles. The van der Waals surface area contributed by atoms with Crippen molar-refractivity contribution in [1.82, 2.24) is 0 Å². The van der Waals surface area contributed by atoms with Crippen LogP contribution in [-0.4, -0.2) is 173 Å². The third kappa shape index (κ3) is 28.7. The van der Waals surface area contributed by atoms with Crippen molar-refractivity contribution in [2.45, 2.75) is 121 Å². The van der Waals surface area contributed by atoms with Crippen LogP contribution in [0.3, 0.4) is 0 Å². The lowest BCUT2D eigenvalue weighted by Crippen LogP contribution is -2.36. The van der Waals surface area contributed by atoms with Crippen LogP contribution >= 0.6 is 0 Å². The summed E-state index contributed by atoms with van der Waals surface area (Å²) in [5.41, 5.74) is 5.16. The van der Waals surface area contributed by atoms with Gasteiger partial charge >= 0.3 is 0 Å². The predicted octanol–water partition coefficient (Wildman–Crippen LogP) is 9.90. The molecule has 85 heavy (non-hydrogen) atoms. The van der Waals surface area contributed by atoms with E-state index in [1.165, 1.54) is 0 Å². The van der Waals surface area contributed by atoms with E-state index in [-0.39, 0.29) is 91.0 Å². The maximum Gasteiger partial charge on any atom is 0.163 e. The van der Waals surface area contributed by atoms with Crippen LogP contribution in [0, 0.1) is 0 Å². The summed E-state index contributed by atoms with van der Waals surface area (Å²) in [6, 6.07) is 50.1. The van der Waals surface area contributed by atoms with Crippen LogP contribution in [0.2, 0.25) is 0 Å². The van der Waals surface area contributed by atoms with Crippen LogP contribution in [-0.2, 0) is 114 Å². The molecule has 2 aliphatic rings. The molecule has 2 heterocycles. The first-order valence-corrected chi connectivity index (χ1v) is 29.7. The number of hydrogen-bond donors (Lipinski definition) is 0. The summed E-state index contributed by atoms with van der Waals surface area (Å²) < 4.78 is 107. The smallest absolute Gasteiger partial charge is 0.163 e. The van der Waals surface area contributed by atoms with Crippen molar-refractivity contribution in [3.05, 3.63) is 192 Å². The van der Waals surface area contributed by atoms with Gasteiger partial charge in [0, 0.05) is 0 Å². The Morgan fingerprint density at radius 2 is 0.600 bits per heavy atom. The zero-order chi connectivity index (χ0) is 59.5. The molecular weight excluding hydrogens is 1090 g/mol. The van der Waals surface area contributed by atoms with Crippen LogP contribution in [0.5, 0.6) is 0 Å². The SMILES string of the molecule is C=CCOCC(COCC(COCC(COCC(COCC1COC(C)(C)O1)OCc1ccccc1)OCC(COCC(COCC1COC(C)(C)O1)OCc1ccccc1)OCc1ccccc1)OCc1ccccc1)OCc1ccccc1. The second-order valence-corrected chi connectivity index (χ2v) is 22.0. The Morgan fingerprint density at radius 1 is 0.353 bits per heavy atom. The highest BCUT2D eigenvalue weighted by atomic mass is 16.8. The Morgan fingerprint density at radius 3 is 0.859 bits per heavy atom. The Hall–Kier alpha value is -4.84. The standard InChI is InChI=1S/C68H92O17/c1-6-32-69-38-59(76-33-54-22-12-7-13-23-54)39-70-40-60(77-34-55-24-14-8-15-25-55)41-71-46-63(47-72-42-61(78-35-56-26-16-9-17-27-56)44-74-49-65-52-82-67(2,3)84-65)81-51-64(80-37-58-30-20-11-21-31-58)48-73-43-62(79-36-57-28-18-10-19-29-57)45-75-50-66-53-83-68(4,5)85-66/h6-31,59-66H,1,32-53H2,2-5H3. The fourth-order valence-corrected chi connectivity index (χ4v) is 9.01. The van der Waals surface area contributed by atoms with Crippen LogP contribution < -0.4 is 0 Å². The van der Waals surface area contributed by atoms with E-state index in [2.05, 4.69) is 6.58 Å². The lowest BCUT2D eigenvalue weighted by atomic mass is 10.2. The minimum atomic E-state index is -0.662. The molecule has 2 fully saturated rings. The molecule has 0 spiro atoms. The first kappa shape index (κ1) is 67.7. The van der Waals surface area contributed by atoms with Gasteiger partial charge in [0.25, 0.3) is 0 Å². The molecule has 0 aromatic heterocycles. The average molecular weight is 1180 g/mol. The van der Waals surface area contributed by atoms with Crippen molar-refractivity contribution >= 4 is 0 Å². The van der Waals surface area contributed by atoms with Gasteiger partial charge < -0.3 is 80.5 Å². The molecule has 0 radical (unpaired) electrons. The van der Waals surface area contributed by atoms with E-state index >= 15 is 0 Å². The summed E-state index contributed by atoms with van der Waals surface area (Å²) in [5, 5.41) is 0. The molecule has 5 aromatic rings. The number of ether oxygens (including phenoxy) is 17. The maximum atomic E-state index is 6.76. The Kier molecular flexibility index (Phi) is 31.2. The monoisotopic (exact) mass is 1180 g/mol. The van der Waals surface area contributed by atoms with Crippen molar-refractivity contribution < 1.29 is 80.5 Å². The molecule has 466 valence electrons. The molecule has 8 atom stereocenters. The Balaban J connectivity index is 1.02. The summed E-state index contributed by atoms with van der Waals surface area (Å²) in [4.78, 5) is 0. The second-order valence-electron chi connectivity index (χ2n) is 22.0. The molecule has 5 aromatic carbocycles. The van der Waals surface area contributed by atoms with Crippen molar-refractivity contribution in [2.75, 3.05) is 112 Å². The molecule has 17 nitrogen and oxygen atoms in total. The largest absolute Gasteiger partial charge is 0.376 e. The van der Waals surface area contributed by atoms with Crippen molar-refractivity contribution in [1.29, 1.82) is 0 Å². The number of hydrogen-bond acceptors (Lipinski definition) is 17. The molecule has 0 N–H and O–H groups in total. The van der Waals surface area contributed by atoms with Gasteiger partial charge in [0.15, 0.2) is 11.6 Å². The van der Waals surface area contributed by atoms with E-state index in [0.717, 1.165) is 27.8 Å². The molecule has 0 bridgehead atoms. The molecule has 7 rings (SSSR count). The fourth-order valence-electron chi connectivity index (χ4n) is 9.01. The van der Waals surface area contributed by atoms with Gasteiger partial charge in [-0.15, -0.1) is 6.58 Å². The van der Waals surface area contributed by atoms with Crippen LogP contribution in [0.1, 0.15) is 55.5 Å². The zero-order valence-corrected chi connectivity index (χ0v) is 50.3. The average Bonchev–Trinajstić information content (AvgIpc) is 4.29. The molecule has 0 amide bonds. The van der Waals surface area contributed by atoms with Gasteiger partial charge in [-0.25, -0.2) is 0 Å². The topological polar surface area (TPSA) is 157 Å². The van der Waals surface area contributed by atoms with E-state index in [1.807, 2.05) is 179 Å². The third-order valence-corrected chi connectivity index (χ3v) is 13.5. The normalized spacial score (nSPS) is 18.6. The molecule has 2 aliphatic heterocycles. The van der Waals surface area contributed by atoms with Gasteiger partial charge in [-0.05, 0) is 55.5 Å². The van der Waals surface area contributed by atoms with Crippen molar-refractivity contribution in [3.63, 3.8) is 0 Å². The number of rotatable bonds is 46. The van der Waals surface area contributed by atoms with Gasteiger partial charge in [-0.3, -0.25) is 0 Å². The van der Waals surface area contributed by atoms with Crippen molar-refractivity contribution in [3.8, 4) is 0 Å². The molecular formula is C68H92O17. The van der Waals surface area contributed by atoms with E-state index in [1.54, 1.807) is 6.08 Å². The lowest BCUT2D eigenvalue weighted by Gasteiger charge is -2.26. The zero-order valence-electron chi connectivity index (χ0n) is 50.3. The van der Waals surface area contributed by atoms with E-state index < -0.39 is 42.1 Å². The third-order valence-electron chi connectivity index (χ3n) is 13.5. The molecule has 2 saturated heterocycles. The van der Waals surface area contributed by atoms with Gasteiger partial charge in [0.1, 0.15) is 48.8 Å². The number of benzene rings is 5.